The molecule has 0 amide bonds. The van der Waals surface area contributed by atoms with Gasteiger partial charge >= 0.3 is 0 Å². The van der Waals surface area contributed by atoms with Crippen LogP contribution >= 0.6 is 11.6 Å². The first-order chi connectivity index (χ1) is 9.62. The van der Waals surface area contributed by atoms with Crippen LogP contribution in [0.4, 0.5) is 4.39 Å². The van der Waals surface area contributed by atoms with Crippen molar-refractivity contribution in [3.05, 3.63) is 53.1 Å². The number of aromatic nitrogens is 2. The van der Waals surface area contributed by atoms with E-state index in [0.29, 0.717) is 11.8 Å². The summed E-state index contributed by atoms with van der Waals surface area (Å²) in [4.78, 5) is 0. The minimum absolute atomic E-state index is 0.198. The average Bonchev–Trinajstić information content (AvgIpc) is 2.80. The topological polar surface area (TPSA) is 17.8 Å². The smallest absolute Gasteiger partial charge is 0.123 e. The van der Waals surface area contributed by atoms with Crippen LogP contribution in [0.25, 0.3) is 0 Å². The lowest BCUT2D eigenvalue weighted by atomic mass is 9.96. The molecule has 0 saturated carbocycles. The van der Waals surface area contributed by atoms with Crippen molar-refractivity contribution >= 4 is 11.6 Å². The number of benzene rings is 1. The maximum Gasteiger partial charge on any atom is 0.123 e. The van der Waals surface area contributed by atoms with Crippen LogP contribution in [-0.4, -0.2) is 15.7 Å². The van der Waals surface area contributed by atoms with Crippen molar-refractivity contribution in [1.82, 2.24) is 9.78 Å². The second-order valence-corrected chi connectivity index (χ2v) is 5.46. The van der Waals surface area contributed by atoms with Crippen LogP contribution in [0.1, 0.15) is 23.9 Å². The van der Waals surface area contributed by atoms with Crippen molar-refractivity contribution in [2.24, 2.45) is 5.92 Å². The summed E-state index contributed by atoms with van der Waals surface area (Å²) in [6, 6.07) is 8.78. The van der Waals surface area contributed by atoms with Gasteiger partial charge in [-0.3, -0.25) is 4.68 Å². The minimum atomic E-state index is -0.198. The molecular formula is C16H20ClFN2. The first-order valence-corrected chi connectivity index (χ1v) is 7.49. The molecule has 1 aromatic carbocycles. The van der Waals surface area contributed by atoms with E-state index in [-0.39, 0.29) is 5.82 Å². The maximum atomic E-state index is 12.9. The standard InChI is InChI=1S/C16H20ClFN2/c1-3-20-16(8-12(2)19-20)10-14(11-17)9-13-4-6-15(18)7-5-13/h4-8,14H,3,9-11H2,1-2H3. The molecule has 0 aliphatic rings. The van der Waals surface area contributed by atoms with Crippen molar-refractivity contribution in [2.45, 2.75) is 33.2 Å². The fourth-order valence-electron chi connectivity index (χ4n) is 2.47. The summed E-state index contributed by atoms with van der Waals surface area (Å²) in [7, 11) is 0. The van der Waals surface area contributed by atoms with Crippen LogP contribution in [0.15, 0.2) is 30.3 Å². The molecule has 2 rings (SSSR count). The molecule has 2 nitrogen and oxygen atoms in total. The zero-order chi connectivity index (χ0) is 14.5. The van der Waals surface area contributed by atoms with Gasteiger partial charge in [-0.25, -0.2) is 4.39 Å². The van der Waals surface area contributed by atoms with Crippen molar-refractivity contribution in [3.8, 4) is 0 Å². The van der Waals surface area contributed by atoms with E-state index in [1.54, 1.807) is 0 Å². The predicted octanol–water partition coefficient (Wildman–Crippen LogP) is 3.99. The first-order valence-electron chi connectivity index (χ1n) is 6.96. The molecule has 1 unspecified atom stereocenters. The number of halogens is 2. The van der Waals surface area contributed by atoms with Crippen molar-refractivity contribution in [1.29, 1.82) is 0 Å². The van der Waals surface area contributed by atoms with Gasteiger partial charge in [-0.15, -0.1) is 11.6 Å². The molecular weight excluding hydrogens is 275 g/mol. The summed E-state index contributed by atoms with van der Waals surface area (Å²) >= 11 is 6.10. The van der Waals surface area contributed by atoms with Crippen LogP contribution in [0.5, 0.6) is 0 Å². The molecule has 0 bridgehead atoms. The van der Waals surface area contributed by atoms with E-state index in [0.717, 1.165) is 30.6 Å². The molecule has 0 spiro atoms. The van der Waals surface area contributed by atoms with E-state index in [1.807, 2.05) is 23.7 Å². The van der Waals surface area contributed by atoms with E-state index in [1.165, 1.54) is 17.8 Å². The number of hydrogen-bond acceptors (Lipinski definition) is 1. The summed E-state index contributed by atoms with van der Waals surface area (Å²) in [5.74, 6) is 0.727. The molecule has 20 heavy (non-hydrogen) atoms. The minimum Gasteiger partial charge on any atom is -0.270 e. The monoisotopic (exact) mass is 294 g/mol. The molecule has 1 atom stereocenters. The molecule has 0 N–H and O–H groups in total. The Labute approximate surface area is 124 Å². The third-order valence-corrected chi connectivity index (χ3v) is 3.88. The lowest BCUT2D eigenvalue weighted by Gasteiger charge is -2.14. The van der Waals surface area contributed by atoms with Gasteiger partial charge < -0.3 is 0 Å². The van der Waals surface area contributed by atoms with Gasteiger partial charge in [0.15, 0.2) is 0 Å². The SMILES string of the molecule is CCn1nc(C)cc1CC(CCl)Cc1ccc(F)cc1. The van der Waals surface area contributed by atoms with Gasteiger partial charge in [-0.1, -0.05) is 12.1 Å². The fourth-order valence-corrected chi connectivity index (χ4v) is 2.69. The fraction of sp³-hybridized carbons (Fsp3) is 0.438. The molecule has 2 aromatic rings. The van der Waals surface area contributed by atoms with Crippen LogP contribution < -0.4 is 0 Å². The van der Waals surface area contributed by atoms with Gasteiger partial charge in [0, 0.05) is 18.1 Å². The zero-order valence-corrected chi connectivity index (χ0v) is 12.7. The Morgan fingerprint density at radius 3 is 2.55 bits per heavy atom. The highest BCUT2D eigenvalue weighted by molar-refractivity contribution is 6.18. The second-order valence-electron chi connectivity index (χ2n) is 5.15. The number of nitrogens with zero attached hydrogens (tertiary/aromatic N) is 2. The van der Waals surface area contributed by atoms with E-state index in [4.69, 9.17) is 11.6 Å². The normalized spacial score (nSPS) is 12.6. The van der Waals surface area contributed by atoms with Crippen molar-refractivity contribution in [2.75, 3.05) is 5.88 Å². The van der Waals surface area contributed by atoms with Gasteiger partial charge in [-0.2, -0.15) is 5.10 Å². The highest BCUT2D eigenvalue weighted by Gasteiger charge is 2.13. The highest BCUT2D eigenvalue weighted by atomic mass is 35.5. The molecule has 0 fully saturated rings. The van der Waals surface area contributed by atoms with Crippen LogP contribution in [0.3, 0.4) is 0 Å². The summed E-state index contributed by atoms with van der Waals surface area (Å²) in [5, 5.41) is 4.46. The second kappa shape index (κ2) is 6.89. The van der Waals surface area contributed by atoms with Gasteiger partial charge in [0.2, 0.25) is 0 Å². The number of aryl methyl sites for hydroxylation is 2. The molecule has 0 aliphatic heterocycles. The molecule has 1 heterocycles. The van der Waals surface area contributed by atoms with E-state index >= 15 is 0 Å². The molecule has 0 radical (unpaired) electrons. The first kappa shape index (κ1) is 15.0. The Hall–Kier alpha value is -1.35. The molecule has 0 saturated heterocycles. The van der Waals surface area contributed by atoms with E-state index < -0.39 is 0 Å². The van der Waals surface area contributed by atoms with Gasteiger partial charge in [-0.05, 0) is 56.4 Å². The molecule has 0 aliphatic carbocycles. The van der Waals surface area contributed by atoms with Crippen LogP contribution in [0.2, 0.25) is 0 Å². The lowest BCUT2D eigenvalue weighted by Crippen LogP contribution is -2.13. The van der Waals surface area contributed by atoms with E-state index in [9.17, 15) is 4.39 Å². The largest absolute Gasteiger partial charge is 0.270 e. The maximum absolute atomic E-state index is 12.9. The molecule has 1 aromatic heterocycles. The Morgan fingerprint density at radius 1 is 1.25 bits per heavy atom. The van der Waals surface area contributed by atoms with Crippen LogP contribution in [-0.2, 0) is 19.4 Å². The Bertz CT molecular complexity index is 548. The quantitative estimate of drug-likeness (QED) is 0.737. The highest BCUT2D eigenvalue weighted by Crippen LogP contribution is 2.17. The predicted molar refractivity (Wildman–Crippen MR) is 80.7 cm³/mol. The van der Waals surface area contributed by atoms with Gasteiger partial charge in [0.25, 0.3) is 0 Å². The Morgan fingerprint density at radius 2 is 1.95 bits per heavy atom. The number of hydrogen-bond donors (Lipinski definition) is 0. The average molecular weight is 295 g/mol. The summed E-state index contributed by atoms with van der Waals surface area (Å²) in [6.07, 6.45) is 1.76. The third kappa shape index (κ3) is 3.83. The summed E-state index contributed by atoms with van der Waals surface area (Å²) in [5.41, 5.74) is 3.38. The van der Waals surface area contributed by atoms with Gasteiger partial charge in [0.05, 0.1) is 5.69 Å². The van der Waals surface area contributed by atoms with Crippen molar-refractivity contribution < 1.29 is 4.39 Å². The van der Waals surface area contributed by atoms with E-state index in [2.05, 4.69) is 18.1 Å². The zero-order valence-electron chi connectivity index (χ0n) is 11.9. The summed E-state index contributed by atoms with van der Waals surface area (Å²) < 4.78 is 14.9. The van der Waals surface area contributed by atoms with Crippen LogP contribution in [0, 0.1) is 18.7 Å². The van der Waals surface area contributed by atoms with Gasteiger partial charge in [0.1, 0.15) is 5.82 Å². The molecule has 4 heteroatoms. The number of alkyl halides is 1. The Kier molecular flexibility index (Phi) is 5.18. The lowest BCUT2D eigenvalue weighted by molar-refractivity contribution is 0.531. The van der Waals surface area contributed by atoms with Crippen molar-refractivity contribution in [3.63, 3.8) is 0 Å². The Balaban J connectivity index is 2.06. The number of rotatable bonds is 6. The molecule has 108 valence electrons. The summed E-state index contributed by atoms with van der Waals surface area (Å²) in [6.45, 7) is 4.96. The third-order valence-electron chi connectivity index (χ3n) is 3.44.